The summed E-state index contributed by atoms with van der Waals surface area (Å²) in [7, 11) is -7.50. The van der Waals surface area contributed by atoms with Crippen LogP contribution in [0.1, 0.15) is 24.2 Å². The first-order valence-corrected chi connectivity index (χ1v) is 13.3. The van der Waals surface area contributed by atoms with Crippen molar-refractivity contribution in [3.8, 4) is 0 Å². The normalized spacial score (nSPS) is 23.8. The van der Waals surface area contributed by atoms with E-state index in [0.717, 1.165) is 24.5 Å². The van der Waals surface area contributed by atoms with Crippen LogP contribution in [0.5, 0.6) is 0 Å². The van der Waals surface area contributed by atoms with Crippen molar-refractivity contribution in [2.24, 2.45) is 0 Å². The first kappa shape index (κ1) is 24.5. The van der Waals surface area contributed by atoms with Crippen LogP contribution in [0.3, 0.4) is 0 Å². The smallest absolute Gasteiger partial charge is 0.282 e. The quantitative estimate of drug-likeness (QED) is 0.417. The van der Waals surface area contributed by atoms with Gasteiger partial charge in [-0.2, -0.15) is 17.0 Å². The van der Waals surface area contributed by atoms with Gasteiger partial charge in [0, 0.05) is 63.2 Å². The molecule has 0 aliphatic carbocycles. The van der Waals surface area contributed by atoms with Crippen LogP contribution in [0.2, 0.25) is 0 Å². The van der Waals surface area contributed by atoms with Gasteiger partial charge in [-0.15, -0.1) is 0 Å². The van der Waals surface area contributed by atoms with E-state index >= 15 is 0 Å². The van der Waals surface area contributed by atoms with Crippen molar-refractivity contribution in [3.05, 3.63) is 33.9 Å². The third-order valence-electron chi connectivity index (χ3n) is 5.34. The van der Waals surface area contributed by atoms with E-state index in [2.05, 4.69) is 0 Å². The maximum absolute atomic E-state index is 13.0. The van der Waals surface area contributed by atoms with Crippen molar-refractivity contribution < 1.29 is 31.3 Å². The van der Waals surface area contributed by atoms with Crippen molar-refractivity contribution in [1.82, 2.24) is 13.5 Å². The molecule has 0 radical (unpaired) electrons. The maximum atomic E-state index is 13.0. The lowest BCUT2D eigenvalue weighted by Gasteiger charge is -2.40. The number of hydrogen-bond acceptors (Lipinski definition) is 8. The number of non-ortho nitro benzene ring substituents is 1. The number of carbonyl (C=O) groups is 1. The Morgan fingerprint density at radius 3 is 2.06 bits per heavy atom. The lowest BCUT2D eigenvalue weighted by molar-refractivity contribution is -0.385. The number of hydrogen-bond donors (Lipinski definition) is 0. The number of ether oxygens (including phenoxy) is 1. The minimum Gasteiger partial charge on any atom is -0.373 e. The maximum Gasteiger partial charge on any atom is 0.282 e. The summed E-state index contributed by atoms with van der Waals surface area (Å²) in [5.41, 5.74) is -0.639. The Morgan fingerprint density at radius 1 is 1.00 bits per heavy atom. The van der Waals surface area contributed by atoms with Crippen LogP contribution in [-0.2, 0) is 24.8 Å². The summed E-state index contributed by atoms with van der Waals surface area (Å²) in [5.74, 6) is -0.593. The SMILES string of the molecule is CC1CN(S(=O)(=O)N2CCN(C(=O)c3cc([N+](=O)[O-])cc(S(C)(=O)=O)c3)CC2)CC(C)O1. The molecule has 0 spiro atoms. The van der Waals surface area contributed by atoms with Gasteiger partial charge in [-0.1, -0.05) is 0 Å². The number of nitro benzene ring substituents is 1. The van der Waals surface area contributed by atoms with E-state index in [9.17, 15) is 31.7 Å². The monoisotopic (exact) mass is 490 g/mol. The van der Waals surface area contributed by atoms with Gasteiger partial charge < -0.3 is 9.64 Å². The molecule has 3 rings (SSSR count). The predicted molar refractivity (Wildman–Crippen MR) is 114 cm³/mol. The van der Waals surface area contributed by atoms with Crippen molar-refractivity contribution >= 4 is 31.6 Å². The second-order valence-electron chi connectivity index (χ2n) is 8.02. The van der Waals surface area contributed by atoms with Crippen LogP contribution in [0.15, 0.2) is 23.1 Å². The molecular formula is C18H26N4O8S2. The van der Waals surface area contributed by atoms with Gasteiger partial charge in [0.05, 0.1) is 22.0 Å². The number of amides is 1. The molecule has 1 amide bonds. The topological polar surface area (TPSA) is 147 Å². The van der Waals surface area contributed by atoms with E-state index < -0.39 is 36.6 Å². The third kappa shape index (κ3) is 5.26. The molecule has 0 saturated carbocycles. The summed E-state index contributed by atoms with van der Waals surface area (Å²) in [6.45, 7) is 4.36. The van der Waals surface area contributed by atoms with E-state index in [1.165, 1.54) is 13.5 Å². The molecule has 2 fully saturated rings. The third-order valence-corrected chi connectivity index (χ3v) is 8.40. The Bertz CT molecular complexity index is 1100. The standard InChI is InChI=1S/C18H26N4O8S2/c1-13-11-21(12-14(2)30-13)32(28,29)20-6-4-19(5-7-20)18(23)15-8-16(22(24)25)10-17(9-15)31(3,26)27/h8-10,13-14H,4-7,11-12H2,1-3H3. The van der Waals surface area contributed by atoms with Crippen molar-refractivity contribution in [1.29, 1.82) is 0 Å². The number of carbonyl (C=O) groups excluding carboxylic acids is 1. The molecule has 2 saturated heterocycles. The van der Waals surface area contributed by atoms with Gasteiger partial charge in [0.25, 0.3) is 21.8 Å². The Kier molecular flexibility index (Phi) is 6.91. The molecule has 14 heteroatoms. The van der Waals surface area contributed by atoms with E-state index in [1.54, 1.807) is 13.8 Å². The van der Waals surface area contributed by atoms with E-state index in [4.69, 9.17) is 4.74 Å². The van der Waals surface area contributed by atoms with Crippen LogP contribution in [0, 0.1) is 10.1 Å². The molecule has 0 aromatic heterocycles. The minimum atomic E-state index is -3.77. The molecule has 178 valence electrons. The highest BCUT2D eigenvalue weighted by molar-refractivity contribution is 7.90. The fourth-order valence-corrected chi connectivity index (χ4v) is 6.24. The highest BCUT2D eigenvalue weighted by Crippen LogP contribution is 2.23. The second-order valence-corrected chi connectivity index (χ2v) is 12.0. The summed E-state index contributed by atoms with van der Waals surface area (Å²) in [4.78, 5) is 24.4. The fourth-order valence-electron chi connectivity index (χ4n) is 3.81. The van der Waals surface area contributed by atoms with Crippen LogP contribution in [0.25, 0.3) is 0 Å². The highest BCUT2D eigenvalue weighted by Gasteiger charge is 2.37. The Labute approximate surface area is 187 Å². The number of piperazine rings is 1. The Balaban J connectivity index is 1.75. The largest absolute Gasteiger partial charge is 0.373 e. The number of sulfone groups is 1. The molecule has 1 aromatic carbocycles. The molecule has 2 aliphatic heterocycles. The van der Waals surface area contributed by atoms with Gasteiger partial charge in [-0.05, 0) is 19.9 Å². The zero-order chi connectivity index (χ0) is 23.8. The molecule has 2 atom stereocenters. The van der Waals surface area contributed by atoms with Crippen molar-refractivity contribution in [2.75, 3.05) is 45.5 Å². The van der Waals surface area contributed by atoms with Crippen molar-refractivity contribution in [3.63, 3.8) is 0 Å². The van der Waals surface area contributed by atoms with Gasteiger partial charge in [-0.3, -0.25) is 14.9 Å². The molecule has 0 bridgehead atoms. The zero-order valence-corrected chi connectivity index (χ0v) is 19.6. The van der Waals surface area contributed by atoms with E-state index in [0.29, 0.717) is 0 Å². The zero-order valence-electron chi connectivity index (χ0n) is 18.0. The lowest BCUT2D eigenvalue weighted by Crippen LogP contribution is -2.57. The van der Waals surface area contributed by atoms with Crippen molar-refractivity contribution in [2.45, 2.75) is 31.0 Å². The van der Waals surface area contributed by atoms with Crippen LogP contribution in [-0.4, -0.2) is 98.9 Å². The first-order valence-electron chi connectivity index (χ1n) is 9.98. The van der Waals surface area contributed by atoms with Gasteiger partial charge in [0.1, 0.15) is 0 Å². The Morgan fingerprint density at radius 2 is 1.56 bits per heavy atom. The molecule has 1 aromatic rings. The van der Waals surface area contributed by atoms with Crippen LogP contribution in [0.4, 0.5) is 5.69 Å². The molecule has 0 N–H and O–H groups in total. The predicted octanol–water partition coefficient (Wildman–Crippen LogP) is 0.110. The minimum absolute atomic E-state index is 0.0576. The second kappa shape index (κ2) is 9.02. The average molecular weight is 491 g/mol. The molecule has 2 heterocycles. The number of nitro groups is 1. The van der Waals surface area contributed by atoms with E-state index in [1.807, 2.05) is 0 Å². The molecule has 2 unspecified atom stereocenters. The van der Waals surface area contributed by atoms with Gasteiger partial charge in [-0.25, -0.2) is 8.42 Å². The molecule has 12 nitrogen and oxygen atoms in total. The van der Waals surface area contributed by atoms with E-state index in [-0.39, 0.29) is 61.9 Å². The number of nitrogens with zero attached hydrogens (tertiary/aromatic N) is 4. The fraction of sp³-hybridized carbons (Fsp3) is 0.611. The Hall–Kier alpha value is -2.13. The van der Waals surface area contributed by atoms with Gasteiger partial charge >= 0.3 is 0 Å². The summed E-state index contributed by atoms with van der Waals surface area (Å²) < 4.78 is 58.0. The molecule has 32 heavy (non-hydrogen) atoms. The van der Waals surface area contributed by atoms with Gasteiger partial charge in [0.2, 0.25) is 0 Å². The number of benzene rings is 1. The summed E-state index contributed by atoms with van der Waals surface area (Å²) >= 11 is 0. The summed E-state index contributed by atoms with van der Waals surface area (Å²) in [6, 6.07) is 3.03. The highest BCUT2D eigenvalue weighted by atomic mass is 32.2. The lowest BCUT2D eigenvalue weighted by atomic mass is 10.1. The van der Waals surface area contributed by atoms with Gasteiger partial charge in [0.15, 0.2) is 9.84 Å². The molecular weight excluding hydrogens is 464 g/mol. The number of rotatable bonds is 5. The van der Waals surface area contributed by atoms with Crippen LogP contribution < -0.4 is 0 Å². The summed E-state index contributed by atoms with van der Waals surface area (Å²) in [5, 5.41) is 11.2. The van der Waals surface area contributed by atoms with Crippen LogP contribution >= 0.6 is 0 Å². The first-order chi connectivity index (χ1) is 14.8. The summed E-state index contributed by atoms with van der Waals surface area (Å²) in [6.07, 6.45) is 0.445. The number of morpholine rings is 1. The molecule has 2 aliphatic rings. The average Bonchev–Trinajstić information content (AvgIpc) is 2.71.